The van der Waals surface area contributed by atoms with E-state index in [-0.39, 0.29) is 5.91 Å². The molecule has 2 N–H and O–H groups in total. The third-order valence-corrected chi connectivity index (χ3v) is 4.16. The van der Waals surface area contributed by atoms with Gasteiger partial charge in [0.1, 0.15) is 0 Å². The lowest BCUT2D eigenvalue weighted by Gasteiger charge is -2.20. The quantitative estimate of drug-likeness (QED) is 0.779. The maximum atomic E-state index is 12.4. The Labute approximate surface area is 131 Å². The molecule has 1 amide bonds. The highest BCUT2D eigenvalue weighted by atomic mass is 127. The number of carbonyl (C=O) groups excluding carboxylic acids is 1. The first kappa shape index (κ1) is 13.4. The van der Waals surface area contributed by atoms with E-state index >= 15 is 0 Å². The van der Waals surface area contributed by atoms with Crippen molar-refractivity contribution in [3.05, 3.63) is 57.2 Å². The Balaban J connectivity index is 1.85. The van der Waals surface area contributed by atoms with E-state index in [1.54, 1.807) is 0 Å². The highest BCUT2D eigenvalue weighted by Crippen LogP contribution is 2.26. The van der Waals surface area contributed by atoms with Crippen LogP contribution in [0, 0.1) is 3.57 Å². The molecule has 102 valence electrons. The summed E-state index contributed by atoms with van der Waals surface area (Å²) in [7, 11) is 0. The largest absolute Gasteiger partial charge is 0.385 e. The molecule has 4 heteroatoms. The van der Waals surface area contributed by atoms with Crippen LogP contribution in [0.2, 0.25) is 0 Å². The van der Waals surface area contributed by atoms with Crippen LogP contribution in [0.5, 0.6) is 0 Å². The van der Waals surface area contributed by atoms with Crippen LogP contribution >= 0.6 is 22.6 Å². The second-order valence-electron chi connectivity index (χ2n) is 4.82. The topological polar surface area (TPSA) is 41.1 Å². The summed E-state index contributed by atoms with van der Waals surface area (Å²) in [5.74, 6) is -0.0354. The van der Waals surface area contributed by atoms with Crippen molar-refractivity contribution >= 4 is 39.9 Å². The number of halogens is 1. The van der Waals surface area contributed by atoms with Crippen molar-refractivity contribution in [2.24, 2.45) is 0 Å². The molecule has 0 saturated carbocycles. The molecule has 1 aliphatic heterocycles. The van der Waals surface area contributed by atoms with Crippen molar-refractivity contribution in [2.45, 2.75) is 12.8 Å². The molecule has 0 atom stereocenters. The van der Waals surface area contributed by atoms with Crippen molar-refractivity contribution in [2.75, 3.05) is 17.2 Å². The van der Waals surface area contributed by atoms with Crippen molar-refractivity contribution < 1.29 is 4.79 Å². The first-order chi connectivity index (χ1) is 9.74. The molecular weight excluding hydrogens is 363 g/mol. The standard InChI is InChI=1S/C16H15IN2O/c17-11-6-8-12(9-7-11)19-16(20)14-3-1-5-15-13(14)4-2-10-18-15/h1,3,5-9,18H,2,4,10H2,(H,19,20). The molecule has 0 radical (unpaired) electrons. The van der Waals surface area contributed by atoms with Crippen LogP contribution in [0.1, 0.15) is 22.3 Å². The van der Waals surface area contributed by atoms with E-state index in [1.807, 2.05) is 42.5 Å². The first-order valence-corrected chi connectivity index (χ1v) is 7.74. The minimum Gasteiger partial charge on any atom is -0.385 e. The Kier molecular flexibility index (Phi) is 3.91. The zero-order valence-corrected chi connectivity index (χ0v) is 13.1. The van der Waals surface area contributed by atoms with Gasteiger partial charge in [0.05, 0.1) is 0 Å². The molecule has 1 heterocycles. The predicted octanol–water partition coefficient (Wildman–Crippen LogP) is 3.90. The Morgan fingerprint density at radius 3 is 2.75 bits per heavy atom. The van der Waals surface area contributed by atoms with E-state index in [0.717, 1.165) is 45.5 Å². The number of fused-ring (bicyclic) bond motifs is 1. The van der Waals surface area contributed by atoms with Crippen LogP contribution in [0.3, 0.4) is 0 Å². The normalized spacial score (nSPS) is 13.2. The lowest BCUT2D eigenvalue weighted by Crippen LogP contribution is -2.19. The molecule has 1 aliphatic rings. The third-order valence-electron chi connectivity index (χ3n) is 3.44. The van der Waals surface area contributed by atoms with E-state index in [9.17, 15) is 4.79 Å². The molecule has 2 aromatic rings. The molecule has 3 rings (SSSR count). The van der Waals surface area contributed by atoms with Gasteiger partial charge in [0.2, 0.25) is 0 Å². The van der Waals surface area contributed by atoms with E-state index in [4.69, 9.17) is 0 Å². The van der Waals surface area contributed by atoms with Gasteiger partial charge in [-0.15, -0.1) is 0 Å². The summed E-state index contributed by atoms with van der Waals surface area (Å²) in [6.07, 6.45) is 2.03. The summed E-state index contributed by atoms with van der Waals surface area (Å²) >= 11 is 2.25. The van der Waals surface area contributed by atoms with Gasteiger partial charge in [-0.3, -0.25) is 4.79 Å². The number of benzene rings is 2. The minimum absolute atomic E-state index is 0.0354. The molecular formula is C16H15IN2O. The van der Waals surface area contributed by atoms with Crippen LogP contribution in [0.25, 0.3) is 0 Å². The number of hydrogen-bond acceptors (Lipinski definition) is 2. The van der Waals surface area contributed by atoms with Crippen molar-refractivity contribution in [3.63, 3.8) is 0 Å². The summed E-state index contributed by atoms with van der Waals surface area (Å²) in [6.45, 7) is 0.981. The van der Waals surface area contributed by atoms with Gasteiger partial charge in [-0.1, -0.05) is 6.07 Å². The van der Waals surface area contributed by atoms with Crippen LogP contribution < -0.4 is 10.6 Å². The van der Waals surface area contributed by atoms with Gasteiger partial charge in [0.15, 0.2) is 0 Å². The van der Waals surface area contributed by atoms with Crippen molar-refractivity contribution in [1.82, 2.24) is 0 Å². The second kappa shape index (κ2) is 5.83. The molecule has 0 bridgehead atoms. The zero-order valence-electron chi connectivity index (χ0n) is 10.9. The lowest BCUT2D eigenvalue weighted by molar-refractivity contribution is 0.102. The van der Waals surface area contributed by atoms with E-state index in [1.165, 1.54) is 0 Å². The van der Waals surface area contributed by atoms with Crippen LogP contribution in [0.15, 0.2) is 42.5 Å². The molecule has 3 nitrogen and oxygen atoms in total. The Morgan fingerprint density at radius 1 is 1.15 bits per heavy atom. The van der Waals surface area contributed by atoms with Crippen molar-refractivity contribution in [1.29, 1.82) is 0 Å². The summed E-state index contributed by atoms with van der Waals surface area (Å²) in [5, 5.41) is 6.31. The number of nitrogens with one attached hydrogen (secondary N) is 2. The summed E-state index contributed by atoms with van der Waals surface area (Å²) in [6, 6.07) is 13.7. The van der Waals surface area contributed by atoms with Crippen LogP contribution in [-0.2, 0) is 6.42 Å². The van der Waals surface area contributed by atoms with Gasteiger partial charge >= 0.3 is 0 Å². The van der Waals surface area contributed by atoms with E-state index in [2.05, 4.69) is 33.2 Å². The molecule has 0 unspecified atom stereocenters. The number of amides is 1. The van der Waals surface area contributed by atoms with Crippen LogP contribution in [0.4, 0.5) is 11.4 Å². The maximum Gasteiger partial charge on any atom is 0.256 e. The first-order valence-electron chi connectivity index (χ1n) is 6.67. The molecule has 2 aromatic carbocycles. The van der Waals surface area contributed by atoms with E-state index < -0.39 is 0 Å². The monoisotopic (exact) mass is 378 g/mol. The van der Waals surface area contributed by atoms with Crippen LogP contribution in [-0.4, -0.2) is 12.5 Å². The summed E-state index contributed by atoms with van der Waals surface area (Å²) in [5.41, 5.74) is 3.82. The van der Waals surface area contributed by atoms with Gasteiger partial charge < -0.3 is 10.6 Å². The lowest BCUT2D eigenvalue weighted by atomic mass is 9.97. The number of hydrogen-bond donors (Lipinski definition) is 2. The Hall–Kier alpha value is -1.56. The average molecular weight is 378 g/mol. The van der Waals surface area contributed by atoms with Gasteiger partial charge in [-0.2, -0.15) is 0 Å². The molecule has 0 saturated heterocycles. The number of rotatable bonds is 2. The van der Waals surface area contributed by atoms with Gasteiger partial charge in [0, 0.05) is 27.1 Å². The maximum absolute atomic E-state index is 12.4. The number of anilines is 2. The molecule has 20 heavy (non-hydrogen) atoms. The number of carbonyl (C=O) groups is 1. The van der Waals surface area contributed by atoms with Gasteiger partial charge in [-0.25, -0.2) is 0 Å². The predicted molar refractivity (Wildman–Crippen MR) is 90.4 cm³/mol. The van der Waals surface area contributed by atoms with E-state index in [0.29, 0.717) is 0 Å². The highest BCUT2D eigenvalue weighted by molar-refractivity contribution is 14.1. The SMILES string of the molecule is O=C(Nc1ccc(I)cc1)c1cccc2c1CCCN2. The minimum atomic E-state index is -0.0354. The fourth-order valence-corrected chi connectivity index (χ4v) is 2.81. The summed E-state index contributed by atoms with van der Waals surface area (Å²) in [4.78, 5) is 12.4. The van der Waals surface area contributed by atoms with Gasteiger partial charge in [0.25, 0.3) is 5.91 Å². The third kappa shape index (κ3) is 2.80. The highest BCUT2D eigenvalue weighted by Gasteiger charge is 2.17. The fourth-order valence-electron chi connectivity index (χ4n) is 2.45. The smallest absolute Gasteiger partial charge is 0.256 e. The van der Waals surface area contributed by atoms with Crippen molar-refractivity contribution in [3.8, 4) is 0 Å². The molecule has 0 spiro atoms. The average Bonchev–Trinajstić information content (AvgIpc) is 2.49. The Morgan fingerprint density at radius 2 is 1.95 bits per heavy atom. The molecule has 0 aromatic heterocycles. The summed E-state index contributed by atoms with van der Waals surface area (Å²) < 4.78 is 1.15. The van der Waals surface area contributed by atoms with Gasteiger partial charge in [-0.05, 0) is 77.4 Å². The second-order valence-corrected chi connectivity index (χ2v) is 6.07. The fraction of sp³-hybridized carbons (Fsp3) is 0.188. The molecule has 0 aliphatic carbocycles. The Bertz CT molecular complexity index is 637. The zero-order chi connectivity index (χ0) is 13.9. The molecule has 0 fully saturated rings.